The highest BCUT2D eigenvalue weighted by Crippen LogP contribution is 2.35. The molecule has 0 fully saturated rings. The number of rotatable bonds is 1. The van der Waals surface area contributed by atoms with Crippen molar-refractivity contribution in [2.75, 3.05) is 5.73 Å². The summed E-state index contributed by atoms with van der Waals surface area (Å²) in [5, 5.41) is 0. The van der Waals surface area contributed by atoms with Gasteiger partial charge in [-0.2, -0.15) is 13.2 Å². The number of aryl methyl sites for hydroxylation is 1. The summed E-state index contributed by atoms with van der Waals surface area (Å²) in [4.78, 5) is 4.21. The maximum atomic E-state index is 12.8. The number of aromatic nitrogens is 1. The Morgan fingerprint density at radius 1 is 1.10 bits per heavy atom. The SMILES string of the molecule is Cc1ccc2oc(-c3cc(C(F)(F)F)ccc3N)nc2c1. The number of anilines is 1. The Hall–Kier alpha value is -2.50. The maximum Gasteiger partial charge on any atom is 0.416 e. The number of fused-ring (bicyclic) bond motifs is 1. The molecule has 0 aliphatic carbocycles. The Kier molecular flexibility index (Phi) is 2.90. The second-order valence-corrected chi connectivity index (χ2v) is 4.79. The number of alkyl halides is 3. The molecule has 3 aromatic rings. The number of hydrogen-bond acceptors (Lipinski definition) is 3. The highest BCUT2D eigenvalue weighted by molar-refractivity contribution is 5.80. The fourth-order valence-corrected chi connectivity index (χ4v) is 2.07. The lowest BCUT2D eigenvalue weighted by atomic mass is 10.1. The Morgan fingerprint density at radius 3 is 2.57 bits per heavy atom. The molecule has 0 atom stereocenters. The van der Waals surface area contributed by atoms with Gasteiger partial charge in [-0.25, -0.2) is 4.98 Å². The largest absolute Gasteiger partial charge is 0.436 e. The molecule has 0 spiro atoms. The average molecular weight is 292 g/mol. The first-order valence-electron chi connectivity index (χ1n) is 6.19. The number of nitrogens with two attached hydrogens (primary N) is 1. The predicted octanol–water partition coefficient (Wildman–Crippen LogP) is 4.40. The molecule has 3 nitrogen and oxygen atoms in total. The van der Waals surface area contributed by atoms with Gasteiger partial charge in [0.05, 0.1) is 11.1 Å². The van der Waals surface area contributed by atoms with E-state index >= 15 is 0 Å². The molecule has 2 N–H and O–H groups in total. The Bertz CT molecular complexity index is 821. The molecule has 6 heteroatoms. The minimum absolute atomic E-state index is 0.0826. The second kappa shape index (κ2) is 4.51. The standard InChI is InChI=1S/C15H11F3N2O/c1-8-2-5-13-12(6-8)20-14(21-13)10-7-9(15(16,17)18)3-4-11(10)19/h2-7H,19H2,1H3. The van der Waals surface area contributed by atoms with Gasteiger partial charge in [-0.15, -0.1) is 0 Å². The van der Waals surface area contributed by atoms with Crippen LogP contribution in [0, 0.1) is 6.92 Å². The van der Waals surface area contributed by atoms with Crippen molar-refractivity contribution in [3.05, 3.63) is 47.5 Å². The molecule has 108 valence electrons. The van der Waals surface area contributed by atoms with Gasteiger partial charge in [0.2, 0.25) is 5.89 Å². The zero-order chi connectivity index (χ0) is 15.2. The van der Waals surface area contributed by atoms with E-state index in [2.05, 4.69) is 4.98 Å². The molecule has 0 aliphatic heterocycles. The summed E-state index contributed by atoms with van der Waals surface area (Å²) in [7, 11) is 0. The molecule has 1 aromatic heterocycles. The van der Waals surface area contributed by atoms with Crippen molar-refractivity contribution < 1.29 is 17.6 Å². The number of nitrogen functional groups attached to an aromatic ring is 1. The molecule has 0 unspecified atom stereocenters. The van der Waals surface area contributed by atoms with Crippen LogP contribution in [0.2, 0.25) is 0 Å². The summed E-state index contributed by atoms with van der Waals surface area (Å²) in [6.45, 7) is 1.90. The number of halogens is 3. The third-order valence-corrected chi connectivity index (χ3v) is 3.15. The maximum absolute atomic E-state index is 12.8. The topological polar surface area (TPSA) is 52.0 Å². The van der Waals surface area contributed by atoms with E-state index in [1.807, 2.05) is 13.0 Å². The quantitative estimate of drug-likeness (QED) is 0.676. The van der Waals surface area contributed by atoms with Gasteiger partial charge in [0.25, 0.3) is 0 Å². The minimum Gasteiger partial charge on any atom is -0.436 e. The lowest BCUT2D eigenvalue weighted by molar-refractivity contribution is -0.137. The van der Waals surface area contributed by atoms with Crippen LogP contribution in [-0.2, 0) is 6.18 Å². The molecular weight excluding hydrogens is 281 g/mol. The van der Waals surface area contributed by atoms with Crippen molar-refractivity contribution in [2.45, 2.75) is 13.1 Å². The molecule has 0 bridgehead atoms. The summed E-state index contributed by atoms with van der Waals surface area (Å²) in [5.41, 5.74) is 7.36. The third-order valence-electron chi connectivity index (χ3n) is 3.15. The highest BCUT2D eigenvalue weighted by Gasteiger charge is 2.31. The van der Waals surface area contributed by atoms with Gasteiger partial charge in [-0.3, -0.25) is 0 Å². The molecule has 0 saturated heterocycles. The van der Waals surface area contributed by atoms with Gasteiger partial charge in [0.1, 0.15) is 5.52 Å². The fraction of sp³-hybridized carbons (Fsp3) is 0.133. The number of benzene rings is 2. The average Bonchev–Trinajstić information content (AvgIpc) is 2.80. The van der Waals surface area contributed by atoms with Crippen LogP contribution in [0.5, 0.6) is 0 Å². The van der Waals surface area contributed by atoms with Gasteiger partial charge >= 0.3 is 6.18 Å². The first kappa shape index (κ1) is 13.5. The fourth-order valence-electron chi connectivity index (χ4n) is 2.07. The van der Waals surface area contributed by atoms with Crippen LogP contribution in [0.25, 0.3) is 22.6 Å². The molecule has 21 heavy (non-hydrogen) atoms. The molecule has 2 aromatic carbocycles. The van der Waals surface area contributed by atoms with Crippen molar-refractivity contribution in [3.8, 4) is 11.5 Å². The molecule has 0 saturated carbocycles. The zero-order valence-electron chi connectivity index (χ0n) is 11.0. The van der Waals surface area contributed by atoms with E-state index in [1.54, 1.807) is 12.1 Å². The zero-order valence-corrected chi connectivity index (χ0v) is 11.0. The van der Waals surface area contributed by atoms with E-state index in [0.29, 0.717) is 11.1 Å². The molecular formula is C15H11F3N2O. The van der Waals surface area contributed by atoms with Crippen LogP contribution >= 0.6 is 0 Å². The van der Waals surface area contributed by atoms with Crippen molar-refractivity contribution in [3.63, 3.8) is 0 Å². The van der Waals surface area contributed by atoms with Crippen LogP contribution in [0.3, 0.4) is 0 Å². The van der Waals surface area contributed by atoms with E-state index < -0.39 is 11.7 Å². The number of nitrogens with zero attached hydrogens (tertiary/aromatic N) is 1. The van der Waals surface area contributed by atoms with Gasteiger partial charge in [0.15, 0.2) is 5.58 Å². The Labute approximate surface area is 118 Å². The van der Waals surface area contributed by atoms with Crippen LogP contribution in [0.15, 0.2) is 40.8 Å². The summed E-state index contributed by atoms with van der Waals surface area (Å²) in [5.74, 6) is 0.0826. The van der Waals surface area contributed by atoms with Gasteiger partial charge < -0.3 is 10.2 Å². The lowest BCUT2D eigenvalue weighted by Gasteiger charge is -2.09. The van der Waals surface area contributed by atoms with E-state index in [9.17, 15) is 13.2 Å². The van der Waals surface area contributed by atoms with Crippen LogP contribution in [0.1, 0.15) is 11.1 Å². The normalized spacial score (nSPS) is 12.0. The molecule has 1 heterocycles. The van der Waals surface area contributed by atoms with Crippen LogP contribution in [-0.4, -0.2) is 4.98 Å². The highest BCUT2D eigenvalue weighted by atomic mass is 19.4. The predicted molar refractivity (Wildman–Crippen MR) is 73.6 cm³/mol. The summed E-state index contributed by atoms with van der Waals surface area (Å²) >= 11 is 0. The number of hydrogen-bond donors (Lipinski definition) is 1. The van der Waals surface area contributed by atoms with E-state index in [4.69, 9.17) is 10.2 Å². The first-order valence-corrected chi connectivity index (χ1v) is 6.19. The minimum atomic E-state index is -4.44. The smallest absolute Gasteiger partial charge is 0.416 e. The van der Waals surface area contributed by atoms with Gasteiger partial charge in [-0.05, 0) is 42.8 Å². The molecule has 3 rings (SSSR count). The van der Waals surface area contributed by atoms with E-state index in [0.717, 1.165) is 17.7 Å². The van der Waals surface area contributed by atoms with Crippen molar-refractivity contribution in [2.24, 2.45) is 0 Å². The second-order valence-electron chi connectivity index (χ2n) is 4.79. The number of oxazole rings is 1. The lowest BCUT2D eigenvalue weighted by Crippen LogP contribution is -2.05. The molecule has 0 radical (unpaired) electrons. The van der Waals surface area contributed by atoms with Crippen molar-refractivity contribution in [1.29, 1.82) is 0 Å². The third kappa shape index (κ3) is 2.44. The molecule has 0 aliphatic rings. The van der Waals surface area contributed by atoms with E-state index in [1.165, 1.54) is 6.07 Å². The van der Waals surface area contributed by atoms with Crippen LogP contribution < -0.4 is 5.73 Å². The molecule has 0 amide bonds. The van der Waals surface area contributed by atoms with Crippen LogP contribution in [0.4, 0.5) is 18.9 Å². The van der Waals surface area contributed by atoms with Gasteiger partial charge in [0, 0.05) is 5.69 Å². The first-order chi connectivity index (χ1) is 9.84. The summed E-state index contributed by atoms with van der Waals surface area (Å²) in [6, 6.07) is 8.46. The van der Waals surface area contributed by atoms with Crippen molar-refractivity contribution in [1.82, 2.24) is 4.98 Å². The Balaban J connectivity index is 2.17. The Morgan fingerprint density at radius 2 is 1.86 bits per heavy atom. The summed E-state index contributed by atoms with van der Waals surface area (Å²) in [6.07, 6.45) is -4.44. The summed E-state index contributed by atoms with van der Waals surface area (Å²) < 4.78 is 43.8. The van der Waals surface area contributed by atoms with E-state index in [-0.39, 0.29) is 17.1 Å². The van der Waals surface area contributed by atoms with Crippen molar-refractivity contribution >= 4 is 16.8 Å². The monoisotopic (exact) mass is 292 g/mol. The van der Waals surface area contributed by atoms with Gasteiger partial charge in [-0.1, -0.05) is 6.07 Å².